The lowest BCUT2D eigenvalue weighted by Crippen LogP contribution is -2.37. The summed E-state index contributed by atoms with van der Waals surface area (Å²) in [5.41, 5.74) is 2.94. The lowest BCUT2D eigenvalue weighted by atomic mass is 9.98. The molecule has 14 heteroatoms. The van der Waals surface area contributed by atoms with Gasteiger partial charge in [-0.3, -0.25) is 9.48 Å². The third-order valence-electron chi connectivity index (χ3n) is 8.86. The van der Waals surface area contributed by atoms with Gasteiger partial charge in [-0.15, -0.1) is 0 Å². The number of piperidine rings is 1. The second-order valence-electron chi connectivity index (χ2n) is 12.4. The molecule has 1 aromatic carbocycles. The Morgan fingerprint density at radius 2 is 1.83 bits per heavy atom. The number of fused-ring (bicyclic) bond motifs is 2. The molecule has 6 heterocycles. The first-order chi connectivity index (χ1) is 23.0. The van der Waals surface area contributed by atoms with Gasteiger partial charge in [0.05, 0.1) is 29.9 Å². The average molecular weight is 664 g/mol. The number of carbonyl (C=O) groups excluding carboxylic acids is 1. The minimum Gasteiger partial charge on any atom is -0.474 e. The number of benzene rings is 1. The quantitative estimate of drug-likeness (QED) is 0.216. The number of nitrogens with zero attached hydrogens (tertiary/aromatic N) is 6. The number of hydrogen-bond donors (Lipinski definition) is 1. The van der Waals surface area contributed by atoms with Crippen LogP contribution in [-0.4, -0.2) is 73.2 Å². The summed E-state index contributed by atoms with van der Waals surface area (Å²) in [5, 5.41) is 4.64. The Morgan fingerprint density at radius 1 is 1.02 bits per heavy atom. The van der Waals surface area contributed by atoms with Crippen LogP contribution in [0.1, 0.15) is 35.1 Å². The number of pyridine rings is 2. The molecule has 10 nitrogen and oxygen atoms in total. The molecule has 2 aliphatic rings. The Labute approximate surface area is 273 Å². The van der Waals surface area contributed by atoms with Crippen LogP contribution in [0.15, 0.2) is 55.1 Å². The standard InChI is InChI=1S/C34H33F4N7O3/c1-43-8-6-24(7-9-43)48-33-27(34(36,37)38)11-20(15-40-33)12-30(46)45-10-5-21-3-4-25(13-22(21)19-45)47-31-26-14-29(23-16-41-44(2)18-23)42-32(26)39-17-28(31)35/h3-4,11,13-18,24H,5-10,12,19H2,1-2H3,(H,39,42). The van der Waals surface area contributed by atoms with Crippen LogP contribution in [0, 0.1) is 5.82 Å². The topological polar surface area (TPSA) is 101 Å². The van der Waals surface area contributed by atoms with E-state index >= 15 is 4.39 Å². The second kappa shape index (κ2) is 12.6. The molecule has 1 fully saturated rings. The van der Waals surface area contributed by atoms with E-state index in [9.17, 15) is 18.0 Å². The molecule has 0 atom stereocenters. The summed E-state index contributed by atoms with van der Waals surface area (Å²) >= 11 is 0. The third-order valence-corrected chi connectivity index (χ3v) is 8.86. The van der Waals surface area contributed by atoms with Crippen molar-refractivity contribution in [2.45, 2.75) is 44.5 Å². The Balaban J connectivity index is 1.06. The molecule has 0 bridgehead atoms. The number of ether oxygens (including phenoxy) is 2. The summed E-state index contributed by atoms with van der Waals surface area (Å²) in [5.74, 6) is -1.04. The highest BCUT2D eigenvalue weighted by Gasteiger charge is 2.37. The van der Waals surface area contributed by atoms with Crippen molar-refractivity contribution in [2.75, 3.05) is 26.7 Å². The summed E-state index contributed by atoms with van der Waals surface area (Å²) < 4.78 is 70.5. The van der Waals surface area contributed by atoms with E-state index in [4.69, 9.17) is 9.47 Å². The van der Waals surface area contributed by atoms with E-state index < -0.39 is 23.4 Å². The minimum absolute atomic E-state index is 0.00583. The van der Waals surface area contributed by atoms with Crippen LogP contribution in [0.4, 0.5) is 17.6 Å². The Morgan fingerprint density at radius 3 is 2.58 bits per heavy atom. The maximum atomic E-state index is 15.0. The van der Waals surface area contributed by atoms with Crippen LogP contribution in [-0.2, 0) is 37.4 Å². The van der Waals surface area contributed by atoms with Gasteiger partial charge >= 0.3 is 6.18 Å². The molecule has 2 aliphatic heterocycles. The smallest absolute Gasteiger partial charge is 0.421 e. The number of rotatable bonds is 7. The van der Waals surface area contributed by atoms with Gasteiger partial charge in [0.2, 0.25) is 11.8 Å². The molecule has 1 N–H and O–H groups in total. The van der Waals surface area contributed by atoms with Crippen LogP contribution in [0.25, 0.3) is 22.3 Å². The normalized spacial score (nSPS) is 15.9. The monoisotopic (exact) mass is 663 g/mol. The number of halogens is 4. The van der Waals surface area contributed by atoms with Crippen LogP contribution in [0.2, 0.25) is 0 Å². The van der Waals surface area contributed by atoms with Gasteiger partial charge < -0.3 is 24.3 Å². The van der Waals surface area contributed by atoms with Crippen LogP contribution in [0.3, 0.4) is 0 Å². The van der Waals surface area contributed by atoms with Crippen LogP contribution < -0.4 is 9.47 Å². The lowest BCUT2D eigenvalue weighted by molar-refractivity contribution is -0.140. The molecule has 48 heavy (non-hydrogen) atoms. The van der Waals surface area contributed by atoms with Gasteiger partial charge in [0.1, 0.15) is 23.1 Å². The minimum atomic E-state index is -4.69. The molecule has 0 aliphatic carbocycles. The molecule has 0 unspecified atom stereocenters. The van der Waals surface area contributed by atoms with E-state index in [0.717, 1.165) is 42.0 Å². The van der Waals surface area contributed by atoms with Crippen molar-refractivity contribution in [2.24, 2.45) is 7.05 Å². The summed E-state index contributed by atoms with van der Waals surface area (Å²) in [6.45, 7) is 2.10. The second-order valence-corrected chi connectivity index (χ2v) is 12.4. The van der Waals surface area contributed by atoms with Crippen molar-refractivity contribution in [3.8, 4) is 28.6 Å². The number of aromatic nitrogens is 5. The fourth-order valence-electron chi connectivity index (χ4n) is 6.21. The predicted octanol–water partition coefficient (Wildman–Crippen LogP) is 5.91. The largest absolute Gasteiger partial charge is 0.474 e. The van der Waals surface area contributed by atoms with E-state index in [1.54, 1.807) is 41.0 Å². The first-order valence-corrected chi connectivity index (χ1v) is 15.6. The zero-order valence-corrected chi connectivity index (χ0v) is 26.4. The SMILES string of the molecule is CN1CCC(Oc2ncc(CC(=O)N3CCc4ccc(Oc5c(F)cnc6[nH]c(-c7cnn(C)c7)cc56)cc4C3)cc2C(F)(F)F)CC1. The Hall–Kier alpha value is -4.98. The highest BCUT2D eigenvalue weighted by atomic mass is 19.4. The number of carbonyl (C=O) groups is 1. The summed E-state index contributed by atoms with van der Waals surface area (Å²) in [7, 11) is 3.76. The van der Waals surface area contributed by atoms with Gasteiger partial charge in [-0.1, -0.05) is 6.07 Å². The molecule has 1 saturated heterocycles. The highest BCUT2D eigenvalue weighted by molar-refractivity contribution is 5.88. The zero-order chi connectivity index (χ0) is 33.6. The number of nitrogens with one attached hydrogen (secondary N) is 1. The number of likely N-dealkylation sites (tertiary alicyclic amines) is 1. The van der Waals surface area contributed by atoms with Crippen molar-refractivity contribution < 1.29 is 31.8 Å². The fraction of sp³-hybridized carbons (Fsp3) is 0.353. The maximum Gasteiger partial charge on any atom is 0.421 e. The molecule has 4 aromatic heterocycles. The number of aromatic amines is 1. The molecular weight excluding hydrogens is 630 g/mol. The van der Waals surface area contributed by atoms with E-state index in [1.807, 2.05) is 19.3 Å². The number of H-pyrrole nitrogens is 1. The zero-order valence-electron chi connectivity index (χ0n) is 26.4. The molecule has 250 valence electrons. The lowest BCUT2D eigenvalue weighted by Gasteiger charge is -2.30. The number of alkyl halides is 3. The van der Waals surface area contributed by atoms with Crippen molar-refractivity contribution in [3.05, 3.63) is 83.2 Å². The highest BCUT2D eigenvalue weighted by Crippen LogP contribution is 2.38. The van der Waals surface area contributed by atoms with E-state index in [1.165, 1.54) is 6.20 Å². The van der Waals surface area contributed by atoms with Crippen molar-refractivity contribution in [3.63, 3.8) is 0 Å². The van der Waals surface area contributed by atoms with Gasteiger partial charge in [-0.2, -0.15) is 18.3 Å². The molecular formula is C34H33F4N7O3. The first-order valence-electron chi connectivity index (χ1n) is 15.6. The van der Waals surface area contributed by atoms with E-state index in [-0.39, 0.29) is 36.3 Å². The Kier molecular flexibility index (Phi) is 8.27. The number of aryl methyl sites for hydroxylation is 1. The molecule has 0 radical (unpaired) electrons. The van der Waals surface area contributed by atoms with Gasteiger partial charge in [-0.25, -0.2) is 14.4 Å². The summed E-state index contributed by atoms with van der Waals surface area (Å²) in [6, 6.07) is 8.10. The van der Waals surface area contributed by atoms with Crippen molar-refractivity contribution in [1.29, 1.82) is 0 Å². The molecule has 1 amide bonds. The van der Waals surface area contributed by atoms with Crippen molar-refractivity contribution in [1.82, 2.24) is 34.5 Å². The first kappa shape index (κ1) is 31.6. The molecule has 0 saturated carbocycles. The van der Waals surface area contributed by atoms with Gasteiger partial charge in [0.25, 0.3) is 0 Å². The molecule has 5 aromatic rings. The number of hydrogen-bond acceptors (Lipinski definition) is 7. The maximum absolute atomic E-state index is 15.0. The third kappa shape index (κ3) is 6.57. The molecule has 0 spiro atoms. The Bertz CT molecular complexity index is 1980. The van der Waals surface area contributed by atoms with Crippen LogP contribution in [0.5, 0.6) is 17.4 Å². The van der Waals surface area contributed by atoms with Gasteiger partial charge in [0, 0.05) is 51.2 Å². The van der Waals surface area contributed by atoms with Crippen molar-refractivity contribution >= 4 is 16.9 Å². The molecule has 7 rings (SSSR count). The average Bonchev–Trinajstić information content (AvgIpc) is 3.70. The van der Waals surface area contributed by atoms with E-state index in [2.05, 4.69) is 25.0 Å². The van der Waals surface area contributed by atoms with E-state index in [0.29, 0.717) is 48.3 Å². The van der Waals surface area contributed by atoms with Gasteiger partial charge in [0.15, 0.2) is 11.6 Å². The fourth-order valence-corrected chi connectivity index (χ4v) is 6.21. The summed E-state index contributed by atoms with van der Waals surface area (Å²) in [6.07, 6.45) is 2.37. The summed E-state index contributed by atoms with van der Waals surface area (Å²) in [4.78, 5) is 28.4. The van der Waals surface area contributed by atoms with Gasteiger partial charge in [-0.05, 0) is 67.3 Å². The van der Waals surface area contributed by atoms with Crippen LogP contribution >= 0.6 is 0 Å². The predicted molar refractivity (Wildman–Crippen MR) is 168 cm³/mol. The number of amides is 1.